The lowest BCUT2D eigenvalue weighted by molar-refractivity contribution is -0.143. The smallest absolute Gasteiger partial charge is 0.254 e. The number of amides is 1. The van der Waals surface area contributed by atoms with E-state index in [0.29, 0.717) is 19.5 Å². The van der Waals surface area contributed by atoms with E-state index in [-0.39, 0.29) is 35.1 Å². The van der Waals surface area contributed by atoms with E-state index in [0.717, 1.165) is 16.6 Å². The van der Waals surface area contributed by atoms with E-state index in [9.17, 15) is 9.59 Å². The SMILES string of the molecule is CC1CN(C(=O)CC2CSc3nc(C(C)(C)C)cc(=O)n32)CC(C)O1. The lowest BCUT2D eigenvalue weighted by atomic mass is 9.92. The van der Waals surface area contributed by atoms with Crippen LogP contribution < -0.4 is 5.56 Å². The molecule has 0 radical (unpaired) electrons. The van der Waals surface area contributed by atoms with Crippen molar-refractivity contribution >= 4 is 17.7 Å². The highest BCUT2D eigenvalue weighted by atomic mass is 32.2. The van der Waals surface area contributed by atoms with Gasteiger partial charge in [-0.3, -0.25) is 14.2 Å². The van der Waals surface area contributed by atoms with Crippen LogP contribution in [0.5, 0.6) is 0 Å². The number of carbonyl (C=O) groups excluding carboxylic acids is 1. The summed E-state index contributed by atoms with van der Waals surface area (Å²) in [4.78, 5) is 31.9. The van der Waals surface area contributed by atoms with Crippen LogP contribution in [0.3, 0.4) is 0 Å². The Balaban J connectivity index is 1.77. The number of morpholine rings is 1. The maximum atomic E-state index is 12.7. The van der Waals surface area contributed by atoms with E-state index < -0.39 is 0 Å². The van der Waals surface area contributed by atoms with Crippen LogP contribution in [-0.4, -0.2) is 51.4 Å². The van der Waals surface area contributed by atoms with E-state index >= 15 is 0 Å². The number of rotatable bonds is 2. The van der Waals surface area contributed by atoms with Crippen molar-refractivity contribution in [2.75, 3.05) is 18.8 Å². The number of fused-ring (bicyclic) bond motifs is 1. The molecule has 6 nitrogen and oxygen atoms in total. The van der Waals surface area contributed by atoms with E-state index in [4.69, 9.17) is 4.74 Å². The number of ether oxygens (including phenoxy) is 1. The van der Waals surface area contributed by atoms with Gasteiger partial charge in [0.15, 0.2) is 5.16 Å². The molecule has 7 heteroatoms. The first-order chi connectivity index (χ1) is 11.6. The van der Waals surface area contributed by atoms with Crippen LogP contribution in [0.1, 0.15) is 52.8 Å². The molecule has 1 aromatic rings. The summed E-state index contributed by atoms with van der Waals surface area (Å²) in [5.41, 5.74) is 0.587. The fourth-order valence-corrected chi connectivity index (χ4v) is 4.55. The van der Waals surface area contributed by atoms with Gasteiger partial charge in [0.1, 0.15) is 0 Å². The molecule has 1 fully saturated rings. The molecule has 2 aliphatic heterocycles. The average molecular weight is 365 g/mol. The van der Waals surface area contributed by atoms with Crippen molar-refractivity contribution in [3.8, 4) is 0 Å². The van der Waals surface area contributed by atoms with Gasteiger partial charge in [-0.25, -0.2) is 4.98 Å². The van der Waals surface area contributed by atoms with Crippen molar-refractivity contribution in [2.45, 2.75) is 69.9 Å². The Labute approximate surface area is 152 Å². The van der Waals surface area contributed by atoms with Gasteiger partial charge in [0.25, 0.3) is 5.56 Å². The summed E-state index contributed by atoms with van der Waals surface area (Å²) in [6.07, 6.45) is 0.448. The molecule has 3 heterocycles. The van der Waals surface area contributed by atoms with Crippen LogP contribution in [0.2, 0.25) is 0 Å². The number of hydrogen-bond donors (Lipinski definition) is 0. The second-order valence-electron chi connectivity index (χ2n) is 8.11. The molecular weight excluding hydrogens is 338 g/mol. The summed E-state index contributed by atoms with van der Waals surface area (Å²) in [5, 5.41) is 0.735. The lowest BCUT2D eigenvalue weighted by Crippen LogP contribution is -2.48. The molecular formula is C18H27N3O3S. The first-order valence-corrected chi connectivity index (χ1v) is 9.84. The molecule has 1 saturated heterocycles. The van der Waals surface area contributed by atoms with Crippen LogP contribution in [0, 0.1) is 0 Å². The Bertz CT molecular complexity index is 715. The van der Waals surface area contributed by atoms with Crippen molar-refractivity contribution in [3.05, 3.63) is 22.1 Å². The van der Waals surface area contributed by atoms with Crippen LogP contribution in [0.25, 0.3) is 0 Å². The number of thioether (sulfide) groups is 1. The summed E-state index contributed by atoms with van der Waals surface area (Å²) in [7, 11) is 0. The molecule has 0 spiro atoms. The zero-order valence-corrected chi connectivity index (χ0v) is 16.4. The first kappa shape index (κ1) is 18.5. The molecule has 25 heavy (non-hydrogen) atoms. The third kappa shape index (κ3) is 3.92. The fraction of sp³-hybridized carbons (Fsp3) is 0.722. The minimum atomic E-state index is -0.163. The summed E-state index contributed by atoms with van der Waals surface area (Å²) < 4.78 is 7.39. The van der Waals surface area contributed by atoms with Gasteiger partial charge < -0.3 is 9.64 Å². The van der Waals surface area contributed by atoms with Gasteiger partial charge in [-0.1, -0.05) is 32.5 Å². The van der Waals surface area contributed by atoms with E-state index in [1.807, 2.05) is 39.5 Å². The van der Waals surface area contributed by atoms with E-state index in [2.05, 4.69) is 4.98 Å². The zero-order valence-electron chi connectivity index (χ0n) is 15.6. The molecule has 1 amide bonds. The number of carbonyl (C=O) groups is 1. The van der Waals surface area contributed by atoms with Gasteiger partial charge in [-0.05, 0) is 13.8 Å². The average Bonchev–Trinajstić information content (AvgIpc) is 2.89. The molecule has 0 N–H and O–H groups in total. The first-order valence-electron chi connectivity index (χ1n) is 8.85. The minimum absolute atomic E-state index is 0.0525. The highest BCUT2D eigenvalue weighted by molar-refractivity contribution is 7.99. The molecule has 0 saturated carbocycles. The van der Waals surface area contributed by atoms with Crippen molar-refractivity contribution in [3.63, 3.8) is 0 Å². The molecule has 0 bridgehead atoms. The Morgan fingerprint density at radius 3 is 2.56 bits per heavy atom. The highest BCUT2D eigenvalue weighted by Crippen LogP contribution is 2.34. The van der Waals surface area contributed by atoms with Crippen LogP contribution >= 0.6 is 11.8 Å². The van der Waals surface area contributed by atoms with Gasteiger partial charge in [0, 0.05) is 36.7 Å². The number of nitrogens with zero attached hydrogens (tertiary/aromatic N) is 3. The monoisotopic (exact) mass is 365 g/mol. The van der Waals surface area contributed by atoms with E-state index in [1.165, 1.54) is 0 Å². The predicted octanol–water partition coefficient (Wildman–Crippen LogP) is 2.21. The second-order valence-corrected chi connectivity index (χ2v) is 9.09. The molecule has 138 valence electrons. The summed E-state index contributed by atoms with van der Waals surface area (Å²) in [6, 6.07) is 1.50. The third-order valence-corrected chi connectivity index (χ3v) is 5.74. The third-order valence-electron chi connectivity index (χ3n) is 4.64. The van der Waals surface area contributed by atoms with Crippen LogP contribution in [0.15, 0.2) is 16.0 Å². The van der Waals surface area contributed by atoms with Crippen molar-refractivity contribution in [2.24, 2.45) is 0 Å². The van der Waals surface area contributed by atoms with Gasteiger partial charge in [-0.2, -0.15) is 0 Å². The molecule has 0 aliphatic carbocycles. The van der Waals surface area contributed by atoms with Gasteiger partial charge >= 0.3 is 0 Å². The number of hydrogen-bond acceptors (Lipinski definition) is 5. The predicted molar refractivity (Wildman–Crippen MR) is 98.2 cm³/mol. The Kier molecular flexibility index (Phi) is 4.99. The Morgan fingerprint density at radius 2 is 1.96 bits per heavy atom. The lowest BCUT2D eigenvalue weighted by Gasteiger charge is -2.35. The van der Waals surface area contributed by atoms with Crippen molar-refractivity contribution in [1.82, 2.24) is 14.5 Å². The molecule has 1 aromatic heterocycles. The van der Waals surface area contributed by atoms with Crippen molar-refractivity contribution in [1.29, 1.82) is 0 Å². The van der Waals surface area contributed by atoms with Gasteiger partial charge in [-0.15, -0.1) is 0 Å². The normalized spacial score (nSPS) is 26.6. The quantitative estimate of drug-likeness (QED) is 0.752. The molecule has 3 atom stereocenters. The molecule has 2 aliphatic rings. The maximum Gasteiger partial charge on any atom is 0.254 e. The summed E-state index contributed by atoms with van der Waals surface area (Å²) in [5.74, 6) is 0.809. The molecule has 3 unspecified atom stereocenters. The maximum absolute atomic E-state index is 12.7. The Hall–Kier alpha value is -1.34. The van der Waals surface area contributed by atoms with Gasteiger partial charge in [0.05, 0.1) is 23.9 Å². The van der Waals surface area contributed by atoms with Gasteiger partial charge in [0.2, 0.25) is 5.91 Å². The highest BCUT2D eigenvalue weighted by Gasteiger charge is 2.32. The second kappa shape index (κ2) is 6.76. The van der Waals surface area contributed by atoms with Crippen molar-refractivity contribution < 1.29 is 9.53 Å². The Morgan fingerprint density at radius 1 is 1.32 bits per heavy atom. The molecule has 0 aromatic carbocycles. The van der Waals surface area contributed by atoms with E-state index in [1.54, 1.807) is 22.4 Å². The van der Waals surface area contributed by atoms with Crippen LogP contribution in [-0.2, 0) is 14.9 Å². The molecule has 3 rings (SSSR count). The standard InChI is InChI=1S/C18H27N3O3S/c1-11-8-20(9-12(2)24-11)15(22)6-13-10-25-17-19-14(18(3,4)5)7-16(23)21(13)17/h7,11-13H,6,8-10H2,1-5H3. The van der Waals surface area contributed by atoms with Crippen LogP contribution in [0.4, 0.5) is 0 Å². The largest absolute Gasteiger partial charge is 0.372 e. The summed E-state index contributed by atoms with van der Waals surface area (Å²) >= 11 is 1.57. The number of aromatic nitrogens is 2. The minimum Gasteiger partial charge on any atom is -0.372 e. The fourth-order valence-electron chi connectivity index (χ4n) is 3.40. The topological polar surface area (TPSA) is 64.4 Å². The summed E-state index contributed by atoms with van der Waals surface area (Å²) in [6.45, 7) is 11.4. The zero-order chi connectivity index (χ0) is 18.4.